The SMILES string of the molecule is NC(=O)[C@H]1Cc2ccccc2CN1CC(=O)NCCc1ccc(F)cc1. The van der Waals surface area contributed by atoms with Crippen molar-refractivity contribution in [3.8, 4) is 0 Å². The van der Waals surface area contributed by atoms with Crippen LogP contribution >= 0.6 is 0 Å². The molecule has 1 aliphatic heterocycles. The molecular weight excluding hydrogens is 333 g/mol. The Bertz CT molecular complexity index is 792. The summed E-state index contributed by atoms with van der Waals surface area (Å²) in [6.45, 7) is 1.09. The van der Waals surface area contributed by atoms with Gasteiger partial charge in [-0.05, 0) is 41.7 Å². The van der Waals surface area contributed by atoms with Crippen LogP contribution in [0.2, 0.25) is 0 Å². The van der Waals surface area contributed by atoms with Crippen molar-refractivity contribution in [3.05, 3.63) is 71.0 Å². The number of nitrogens with zero attached hydrogens (tertiary/aromatic N) is 1. The molecule has 0 aromatic heterocycles. The van der Waals surface area contributed by atoms with Gasteiger partial charge in [0.15, 0.2) is 0 Å². The molecule has 6 heteroatoms. The first kappa shape index (κ1) is 18.1. The zero-order valence-electron chi connectivity index (χ0n) is 14.5. The molecule has 5 nitrogen and oxygen atoms in total. The quantitative estimate of drug-likeness (QED) is 0.822. The van der Waals surface area contributed by atoms with Gasteiger partial charge in [0.25, 0.3) is 0 Å². The molecule has 1 atom stereocenters. The van der Waals surface area contributed by atoms with Crippen molar-refractivity contribution in [3.63, 3.8) is 0 Å². The predicted molar refractivity (Wildman–Crippen MR) is 96.7 cm³/mol. The van der Waals surface area contributed by atoms with Crippen molar-refractivity contribution in [1.29, 1.82) is 0 Å². The van der Waals surface area contributed by atoms with E-state index in [9.17, 15) is 14.0 Å². The Morgan fingerprint density at radius 3 is 2.50 bits per heavy atom. The van der Waals surface area contributed by atoms with Crippen LogP contribution in [0.1, 0.15) is 16.7 Å². The molecule has 0 fully saturated rings. The number of carbonyl (C=O) groups excluding carboxylic acids is 2. The van der Waals surface area contributed by atoms with E-state index in [4.69, 9.17) is 5.73 Å². The highest BCUT2D eigenvalue weighted by molar-refractivity contribution is 5.83. The molecule has 0 bridgehead atoms. The van der Waals surface area contributed by atoms with Crippen molar-refractivity contribution in [2.75, 3.05) is 13.1 Å². The van der Waals surface area contributed by atoms with Crippen molar-refractivity contribution in [2.45, 2.75) is 25.4 Å². The molecular formula is C20H22FN3O2. The minimum absolute atomic E-state index is 0.116. The van der Waals surface area contributed by atoms with E-state index < -0.39 is 11.9 Å². The fourth-order valence-corrected chi connectivity index (χ4v) is 3.26. The van der Waals surface area contributed by atoms with E-state index in [0.717, 1.165) is 16.7 Å². The molecule has 26 heavy (non-hydrogen) atoms. The summed E-state index contributed by atoms with van der Waals surface area (Å²) in [4.78, 5) is 25.9. The first-order valence-electron chi connectivity index (χ1n) is 8.64. The lowest BCUT2D eigenvalue weighted by Gasteiger charge is -2.34. The Labute approximate surface area is 152 Å². The van der Waals surface area contributed by atoms with Gasteiger partial charge in [-0.3, -0.25) is 14.5 Å². The summed E-state index contributed by atoms with van der Waals surface area (Å²) < 4.78 is 12.9. The van der Waals surface area contributed by atoms with Crippen LogP contribution in [0.25, 0.3) is 0 Å². The van der Waals surface area contributed by atoms with Crippen LogP contribution in [-0.4, -0.2) is 35.8 Å². The number of primary amides is 1. The van der Waals surface area contributed by atoms with Crippen LogP contribution in [0.5, 0.6) is 0 Å². The van der Waals surface area contributed by atoms with Crippen LogP contribution in [-0.2, 0) is 29.0 Å². The van der Waals surface area contributed by atoms with Gasteiger partial charge in [0.2, 0.25) is 11.8 Å². The van der Waals surface area contributed by atoms with Gasteiger partial charge in [0.1, 0.15) is 5.82 Å². The third kappa shape index (κ3) is 4.46. The summed E-state index contributed by atoms with van der Waals surface area (Å²) in [5, 5.41) is 2.85. The third-order valence-electron chi connectivity index (χ3n) is 4.67. The number of halogens is 1. The summed E-state index contributed by atoms with van der Waals surface area (Å²) in [6.07, 6.45) is 1.14. The van der Waals surface area contributed by atoms with Crippen molar-refractivity contribution < 1.29 is 14.0 Å². The normalized spacial score (nSPS) is 16.7. The van der Waals surface area contributed by atoms with Crippen molar-refractivity contribution in [2.24, 2.45) is 5.73 Å². The standard InChI is InChI=1S/C20H22FN3O2/c21-17-7-5-14(6-8-17)9-10-23-19(25)13-24-12-16-4-2-1-3-15(16)11-18(24)20(22)26/h1-8,18H,9-13H2,(H2,22,26)(H,23,25)/t18-/m1/s1. The summed E-state index contributed by atoms with van der Waals surface area (Å²) in [5.41, 5.74) is 8.70. The lowest BCUT2D eigenvalue weighted by Crippen LogP contribution is -2.51. The van der Waals surface area contributed by atoms with Gasteiger partial charge < -0.3 is 11.1 Å². The molecule has 136 valence electrons. The van der Waals surface area contributed by atoms with Gasteiger partial charge in [-0.25, -0.2) is 4.39 Å². The fourth-order valence-electron chi connectivity index (χ4n) is 3.26. The van der Waals surface area contributed by atoms with E-state index in [2.05, 4.69) is 5.32 Å². The van der Waals surface area contributed by atoms with E-state index in [0.29, 0.717) is 25.9 Å². The number of benzene rings is 2. The average molecular weight is 355 g/mol. The van der Waals surface area contributed by atoms with Gasteiger partial charge in [-0.1, -0.05) is 36.4 Å². The number of carbonyl (C=O) groups is 2. The van der Waals surface area contributed by atoms with Gasteiger partial charge in [-0.15, -0.1) is 0 Å². The Balaban J connectivity index is 1.55. The highest BCUT2D eigenvalue weighted by Gasteiger charge is 2.30. The average Bonchev–Trinajstić information content (AvgIpc) is 2.62. The molecule has 0 saturated carbocycles. The minimum atomic E-state index is -0.479. The van der Waals surface area contributed by atoms with Crippen LogP contribution in [0, 0.1) is 5.82 Å². The van der Waals surface area contributed by atoms with Gasteiger partial charge in [0.05, 0.1) is 12.6 Å². The molecule has 1 aliphatic rings. The molecule has 0 spiro atoms. The Morgan fingerprint density at radius 2 is 1.81 bits per heavy atom. The summed E-state index contributed by atoms with van der Waals surface area (Å²) in [7, 11) is 0. The smallest absolute Gasteiger partial charge is 0.235 e. The zero-order chi connectivity index (χ0) is 18.5. The maximum atomic E-state index is 12.9. The van der Waals surface area contributed by atoms with Crippen molar-refractivity contribution in [1.82, 2.24) is 10.2 Å². The predicted octanol–water partition coefficient (Wildman–Crippen LogP) is 1.40. The second-order valence-corrected chi connectivity index (χ2v) is 6.52. The second kappa shape index (κ2) is 8.10. The van der Waals surface area contributed by atoms with E-state index >= 15 is 0 Å². The maximum Gasteiger partial charge on any atom is 0.235 e. The highest BCUT2D eigenvalue weighted by atomic mass is 19.1. The first-order valence-corrected chi connectivity index (χ1v) is 8.64. The number of nitrogens with one attached hydrogen (secondary N) is 1. The molecule has 3 N–H and O–H groups in total. The number of fused-ring (bicyclic) bond motifs is 1. The number of hydrogen-bond acceptors (Lipinski definition) is 3. The van der Waals surface area contributed by atoms with Crippen LogP contribution < -0.4 is 11.1 Å². The molecule has 0 saturated heterocycles. The maximum absolute atomic E-state index is 12.9. The third-order valence-corrected chi connectivity index (χ3v) is 4.67. The Hall–Kier alpha value is -2.73. The largest absolute Gasteiger partial charge is 0.368 e. The number of rotatable bonds is 6. The summed E-state index contributed by atoms with van der Waals surface area (Å²) >= 11 is 0. The Kier molecular flexibility index (Phi) is 5.63. The number of amides is 2. The molecule has 2 aromatic rings. The fraction of sp³-hybridized carbons (Fsp3) is 0.300. The van der Waals surface area contributed by atoms with Crippen LogP contribution in [0.15, 0.2) is 48.5 Å². The topological polar surface area (TPSA) is 75.4 Å². The second-order valence-electron chi connectivity index (χ2n) is 6.52. The van der Waals surface area contributed by atoms with Gasteiger partial charge >= 0.3 is 0 Å². The van der Waals surface area contributed by atoms with Crippen LogP contribution in [0.3, 0.4) is 0 Å². The molecule has 0 aliphatic carbocycles. The monoisotopic (exact) mass is 355 g/mol. The minimum Gasteiger partial charge on any atom is -0.368 e. The van der Waals surface area contributed by atoms with Crippen LogP contribution in [0.4, 0.5) is 4.39 Å². The molecule has 0 radical (unpaired) electrons. The molecule has 0 unspecified atom stereocenters. The van der Waals surface area contributed by atoms with Gasteiger partial charge in [0, 0.05) is 13.1 Å². The highest BCUT2D eigenvalue weighted by Crippen LogP contribution is 2.22. The molecule has 3 rings (SSSR count). The van der Waals surface area contributed by atoms with E-state index in [1.54, 1.807) is 12.1 Å². The van der Waals surface area contributed by atoms with Crippen molar-refractivity contribution >= 4 is 11.8 Å². The zero-order valence-corrected chi connectivity index (χ0v) is 14.5. The van der Waals surface area contributed by atoms with E-state index in [1.165, 1.54) is 12.1 Å². The molecule has 2 amide bonds. The Morgan fingerprint density at radius 1 is 1.12 bits per heavy atom. The summed E-state index contributed by atoms with van der Waals surface area (Å²) in [5.74, 6) is -0.850. The molecule has 1 heterocycles. The van der Waals surface area contributed by atoms with E-state index in [1.807, 2.05) is 29.2 Å². The summed E-state index contributed by atoms with van der Waals surface area (Å²) in [6, 6.07) is 13.6. The van der Waals surface area contributed by atoms with Gasteiger partial charge in [-0.2, -0.15) is 0 Å². The first-order chi connectivity index (χ1) is 12.5. The lowest BCUT2D eigenvalue weighted by molar-refractivity contribution is -0.127. The number of nitrogens with two attached hydrogens (primary N) is 1. The molecule has 2 aromatic carbocycles. The van der Waals surface area contributed by atoms with E-state index in [-0.39, 0.29) is 18.3 Å². The lowest BCUT2D eigenvalue weighted by atomic mass is 9.93. The number of hydrogen-bond donors (Lipinski definition) is 2.